The molecule has 2 aromatic carbocycles. The highest BCUT2D eigenvalue weighted by atomic mass is 16.5. The zero-order valence-electron chi connectivity index (χ0n) is 8.97. The van der Waals surface area contributed by atoms with E-state index in [2.05, 4.69) is 24.2 Å². The third-order valence-corrected chi connectivity index (χ3v) is 2.78. The van der Waals surface area contributed by atoms with E-state index in [9.17, 15) is 0 Å². The summed E-state index contributed by atoms with van der Waals surface area (Å²) in [5.41, 5.74) is 4.10. The van der Waals surface area contributed by atoms with Gasteiger partial charge in [-0.3, -0.25) is 0 Å². The number of para-hydroxylation sites is 1. The van der Waals surface area contributed by atoms with Crippen LogP contribution in [0, 0.1) is 6.92 Å². The second kappa shape index (κ2) is 3.49. The Morgan fingerprint density at radius 2 is 1.69 bits per heavy atom. The first-order valence-corrected chi connectivity index (χ1v) is 5.27. The van der Waals surface area contributed by atoms with Gasteiger partial charge in [-0.2, -0.15) is 0 Å². The zero-order chi connectivity index (χ0) is 11.0. The first-order chi connectivity index (χ1) is 7.86. The van der Waals surface area contributed by atoms with E-state index in [4.69, 9.17) is 4.52 Å². The van der Waals surface area contributed by atoms with Gasteiger partial charge < -0.3 is 4.52 Å². The van der Waals surface area contributed by atoms with Crippen molar-refractivity contribution in [3.05, 3.63) is 54.1 Å². The van der Waals surface area contributed by atoms with Crippen LogP contribution in [0.1, 0.15) is 5.56 Å². The van der Waals surface area contributed by atoms with Crippen LogP contribution in [0.4, 0.5) is 0 Å². The predicted molar refractivity (Wildman–Crippen MR) is 64.2 cm³/mol. The quantitative estimate of drug-likeness (QED) is 0.609. The third-order valence-electron chi connectivity index (χ3n) is 2.78. The van der Waals surface area contributed by atoms with Crippen molar-refractivity contribution in [3.63, 3.8) is 0 Å². The molecular formula is C14H11NO. The van der Waals surface area contributed by atoms with Crippen molar-refractivity contribution in [1.29, 1.82) is 0 Å². The second-order valence-electron chi connectivity index (χ2n) is 3.84. The third kappa shape index (κ3) is 1.31. The molecule has 2 heteroatoms. The minimum atomic E-state index is 0.834. The van der Waals surface area contributed by atoms with Crippen molar-refractivity contribution in [1.82, 2.24) is 5.16 Å². The Labute approximate surface area is 93.5 Å². The van der Waals surface area contributed by atoms with Crippen LogP contribution in [-0.4, -0.2) is 5.16 Å². The second-order valence-corrected chi connectivity index (χ2v) is 3.84. The van der Waals surface area contributed by atoms with Crippen LogP contribution in [0.15, 0.2) is 53.1 Å². The van der Waals surface area contributed by atoms with Crippen LogP contribution in [0.3, 0.4) is 0 Å². The minimum Gasteiger partial charge on any atom is -0.356 e. The van der Waals surface area contributed by atoms with Gasteiger partial charge in [0.15, 0.2) is 5.58 Å². The summed E-state index contributed by atoms with van der Waals surface area (Å²) in [7, 11) is 0. The van der Waals surface area contributed by atoms with Crippen molar-refractivity contribution in [2.75, 3.05) is 0 Å². The van der Waals surface area contributed by atoms with Gasteiger partial charge in [-0.25, -0.2) is 0 Å². The van der Waals surface area contributed by atoms with Crippen molar-refractivity contribution in [2.24, 2.45) is 0 Å². The van der Waals surface area contributed by atoms with Gasteiger partial charge in [0.1, 0.15) is 5.69 Å². The van der Waals surface area contributed by atoms with Gasteiger partial charge in [0.2, 0.25) is 0 Å². The molecule has 0 fully saturated rings. The van der Waals surface area contributed by atoms with Gasteiger partial charge in [-0.1, -0.05) is 41.6 Å². The largest absolute Gasteiger partial charge is 0.356 e. The number of nitrogens with zero attached hydrogens (tertiary/aromatic N) is 1. The van der Waals surface area contributed by atoms with Crippen LogP contribution < -0.4 is 0 Å². The number of hydrogen-bond donors (Lipinski definition) is 0. The minimum absolute atomic E-state index is 0.834. The maximum Gasteiger partial charge on any atom is 0.167 e. The molecule has 0 saturated heterocycles. The summed E-state index contributed by atoms with van der Waals surface area (Å²) in [6.07, 6.45) is 0. The van der Waals surface area contributed by atoms with Crippen LogP contribution in [-0.2, 0) is 0 Å². The molecule has 78 valence electrons. The molecule has 0 radical (unpaired) electrons. The lowest BCUT2D eigenvalue weighted by molar-refractivity contribution is 0.459. The van der Waals surface area contributed by atoms with E-state index in [1.54, 1.807) is 0 Å². The van der Waals surface area contributed by atoms with Gasteiger partial charge in [0.05, 0.1) is 0 Å². The number of rotatable bonds is 1. The first-order valence-electron chi connectivity index (χ1n) is 5.27. The first kappa shape index (κ1) is 9.16. The topological polar surface area (TPSA) is 26.0 Å². The van der Waals surface area contributed by atoms with Crippen molar-refractivity contribution in [3.8, 4) is 11.3 Å². The van der Waals surface area contributed by atoms with Crippen LogP contribution in [0.25, 0.3) is 22.2 Å². The summed E-state index contributed by atoms with van der Waals surface area (Å²) < 4.78 is 5.31. The van der Waals surface area contributed by atoms with Crippen LogP contribution in [0.2, 0.25) is 0 Å². The Kier molecular flexibility index (Phi) is 2.00. The average molecular weight is 209 g/mol. The molecule has 0 aliphatic carbocycles. The molecular weight excluding hydrogens is 198 g/mol. The molecule has 3 rings (SSSR count). The van der Waals surface area contributed by atoms with E-state index in [0.29, 0.717) is 0 Å². The summed E-state index contributed by atoms with van der Waals surface area (Å²) in [6.45, 7) is 2.08. The van der Waals surface area contributed by atoms with Gasteiger partial charge in [0, 0.05) is 10.9 Å². The molecule has 0 amide bonds. The SMILES string of the molecule is Cc1ccccc1-c1noc2ccccc12. The normalized spacial score (nSPS) is 10.8. The summed E-state index contributed by atoms with van der Waals surface area (Å²) in [5.74, 6) is 0. The lowest BCUT2D eigenvalue weighted by Gasteiger charge is -2.00. The van der Waals surface area contributed by atoms with Crippen LogP contribution in [0.5, 0.6) is 0 Å². The molecule has 0 N–H and O–H groups in total. The van der Waals surface area contributed by atoms with Crippen LogP contribution >= 0.6 is 0 Å². The fraction of sp³-hybridized carbons (Fsp3) is 0.0714. The van der Waals surface area contributed by atoms with Gasteiger partial charge >= 0.3 is 0 Å². The van der Waals surface area contributed by atoms with Crippen molar-refractivity contribution < 1.29 is 4.52 Å². The zero-order valence-corrected chi connectivity index (χ0v) is 8.97. The summed E-state index contributed by atoms with van der Waals surface area (Å²) in [4.78, 5) is 0. The molecule has 0 unspecified atom stereocenters. The number of aromatic nitrogens is 1. The highest BCUT2D eigenvalue weighted by Crippen LogP contribution is 2.29. The fourth-order valence-electron chi connectivity index (χ4n) is 1.92. The summed E-state index contributed by atoms with van der Waals surface area (Å²) >= 11 is 0. The standard InChI is InChI=1S/C14H11NO/c1-10-6-2-3-7-11(10)14-12-8-4-5-9-13(12)16-15-14/h2-9H,1H3. The highest BCUT2D eigenvalue weighted by Gasteiger charge is 2.10. The van der Waals surface area contributed by atoms with Gasteiger partial charge in [-0.15, -0.1) is 0 Å². The van der Waals surface area contributed by atoms with E-state index >= 15 is 0 Å². The Morgan fingerprint density at radius 1 is 0.938 bits per heavy atom. The molecule has 0 saturated carbocycles. The van der Waals surface area contributed by atoms with E-state index < -0.39 is 0 Å². The molecule has 0 bridgehead atoms. The maximum atomic E-state index is 5.31. The number of benzene rings is 2. The molecule has 1 aromatic heterocycles. The summed E-state index contributed by atoms with van der Waals surface area (Å²) in [6, 6.07) is 16.1. The van der Waals surface area contributed by atoms with Crippen molar-refractivity contribution >= 4 is 11.0 Å². The Balaban J connectivity index is 2.31. The fourth-order valence-corrected chi connectivity index (χ4v) is 1.92. The number of aryl methyl sites for hydroxylation is 1. The maximum absolute atomic E-state index is 5.31. The smallest absolute Gasteiger partial charge is 0.167 e. The molecule has 0 spiro atoms. The van der Waals surface area contributed by atoms with Crippen molar-refractivity contribution in [2.45, 2.75) is 6.92 Å². The molecule has 2 nitrogen and oxygen atoms in total. The predicted octanol–water partition coefficient (Wildman–Crippen LogP) is 3.80. The van der Waals surface area contributed by atoms with E-state index in [0.717, 1.165) is 22.2 Å². The molecule has 3 aromatic rings. The lowest BCUT2D eigenvalue weighted by Crippen LogP contribution is -1.82. The molecule has 0 aliphatic rings. The van der Waals surface area contributed by atoms with E-state index in [1.165, 1.54) is 5.56 Å². The number of hydrogen-bond acceptors (Lipinski definition) is 2. The number of fused-ring (bicyclic) bond motifs is 1. The monoisotopic (exact) mass is 209 g/mol. The lowest BCUT2D eigenvalue weighted by atomic mass is 10.0. The van der Waals surface area contributed by atoms with E-state index in [-0.39, 0.29) is 0 Å². The average Bonchev–Trinajstić information content (AvgIpc) is 2.74. The van der Waals surface area contributed by atoms with Gasteiger partial charge in [0.25, 0.3) is 0 Å². The highest BCUT2D eigenvalue weighted by molar-refractivity contribution is 5.92. The van der Waals surface area contributed by atoms with E-state index in [1.807, 2.05) is 36.4 Å². The molecule has 16 heavy (non-hydrogen) atoms. The van der Waals surface area contributed by atoms with Gasteiger partial charge in [-0.05, 0) is 24.6 Å². The molecule has 1 heterocycles. The molecule has 0 aliphatic heterocycles. The Hall–Kier alpha value is -2.09. The Bertz CT molecular complexity index is 640. The molecule has 0 atom stereocenters. The Morgan fingerprint density at radius 3 is 2.56 bits per heavy atom. The summed E-state index contributed by atoms with van der Waals surface area (Å²) in [5, 5.41) is 5.22.